The number of hydrogen-bond acceptors (Lipinski definition) is 36. The first-order valence-corrected chi connectivity index (χ1v) is 33.7. The maximum atomic E-state index is 14.0. The number of aromatic amines is 3. The number of nitrogens with zero attached hydrogens (tertiary/aromatic N) is 7. The lowest BCUT2D eigenvalue weighted by Crippen LogP contribution is -2.40. The van der Waals surface area contributed by atoms with Gasteiger partial charge in [-0.2, -0.15) is 9.97 Å². The lowest BCUT2D eigenvalue weighted by atomic mass is 10.1. The fourth-order valence-corrected chi connectivity index (χ4v) is 14.4. The number of aliphatic hydroxyl groups is 7. The zero-order valence-electron chi connectivity index (χ0n) is 48.6. The molecule has 97 heavy (non-hydrogen) atoms. The van der Waals surface area contributed by atoms with Crippen molar-refractivity contribution in [2.45, 2.75) is 123 Å². The van der Waals surface area contributed by atoms with Crippen molar-refractivity contribution >= 4 is 42.9 Å². The van der Waals surface area contributed by atoms with Crippen LogP contribution in [0.1, 0.15) is 31.1 Å². The van der Waals surface area contributed by atoms with Crippen LogP contribution in [-0.2, 0) is 78.1 Å². The van der Waals surface area contributed by atoms with E-state index in [-0.39, 0.29) is 11.6 Å². The number of aromatic nitrogens is 10. The van der Waals surface area contributed by atoms with Crippen LogP contribution >= 0.6 is 31.3 Å². The van der Waals surface area contributed by atoms with Gasteiger partial charge in [0, 0.05) is 49.2 Å². The lowest BCUT2D eigenvalue weighted by molar-refractivity contribution is -0.0665. The number of hydrogen-bond donors (Lipinski definition) is 16. The van der Waals surface area contributed by atoms with Crippen molar-refractivity contribution in [3.8, 4) is 0 Å². The van der Waals surface area contributed by atoms with E-state index in [4.69, 9.17) is 71.3 Å². The van der Waals surface area contributed by atoms with Gasteiger partial charge >= 0.3 is 59.7 Å². The second-order valence-corrected chi connectivity index (χ2v) is 27.1. The Kier molecular flexibility index (Phi) is 21.8. The topological polar surface area (TPSA) is 697 Å². The average Bonchev–Trinajstić information content (AvgIpc) is 1.66. The van der Waals surface area contributed by atoms with E-state index in [2.05, 4.69) is 9.97 Å². The van der Waals surface area contributed by atoms with Gasteiger partial charge in [0.1, 0.15) is 103 Å². The van der Waals surface area contributed by atoms with Gasteiger partial charge in [-0.3, -0.25) is 88.4 Å². The molecule has 5 fully saturated rings. The van der Waals surface area contributed by atoms with Crippen LogP contribution in [0.15, 0.2) is 99.7 Å². The molecule has 48 nitrogen and oxygen atoms in total. The summed E-state index contributed by atoms with van der Waals surface area (Å²) in [6, 6.07) is 4.56. The van der Waals surface area contributed by atoms with Crippen LogP contribution in [0.25, 0.3) is 0 Å². The van der Waals surface area contributed by atoms with Gasteiger partial charge in [-0.05, 0) is 12.1 Å². The van der Waals surface area contributed by atoms with Gasteiger partial charge in [-0.1, -0.05) is 0 Å². The van der Waals surface area contributed by atoms with E-state index in [1.165, 1.54) is 0 Å². The molecule has 0 amide bonds. The van der Waals surface area contributed by atoms with Crippen LogP contribution in [0.5, 0.6) is 0 Å². The van der Waals surface area contributed by atoms with Gasteiger partial charge in [0.15, 0.2) is 31.1 Å². The summed E-state index contributed by atoms with van der Waals surface area (Å²) in [6.45, 7) is -6.33. The molecule has 10 heterocycles. The van der Waals surface area contributed by atoms with E-state index >= 15 is 0 Å². The SMILES string of the molecule is Nc1ccn([C@@H]2O[C@H](COP(=O)(O)O[C@H]3[C@@H](O)[C@H](n4ccc(N)nc4=O)O[C@@H]3COP(=O)(O)O[C@H]3[C@@H](O)[C@H](n4ccc(=O)[nH]c4=O)O[C@@H]3COP(=O)(O)O[C@H]3[C@@H](O)[C@H](n4ccc(=O)[nH]c4=O)O[C@@H]3COP(=O)(O)O[C@H]3[C@@H](O)[C@@H](n4ccc(=O)[nH]c4=O)O[C@@H]3CO)[C@@H](O)[C@H]2O)c(=O)n1. The number of aliphatic hydroxyl groups excluding tert-OH is 7. The monoisotopic (exact) mass is 1470 g/mol. The summed E-state index contributed by atoms with van der Waals surface area (Å²) in [6.07, 6.45) is -36.8. The standard InChI is InChI=1S/C45H58N12O36P4/c46-21-1-6-53(41(68)48-21)36-27(63)26(62)17(86-36)12-81-94(73,74)91-33-18(87-38(29(33)65)54-7-2-22(47)49-42(54)69)14-83-96(77,78)93-35-20(89-40(31(35)67)57-10-5-25(61)52-45(57)72)15-84-97(79,80)92-34-19(88-39(30(34)66)56-9-4-24(60)51-44(56)71)13-82-95(75,76)90-32-16(11-58)85-37(28(32)64)55-8-3-23(59)50-43(55)70/h1-10,16-20,26-40,58,62-67H,11-15H2,(H,73,74)(H,75,76)(H,77,78)(H,79,80)(H2,46,48,68)(H2,47,49,69)(H,50,59,70)(H,51,60,71)(H,52,61,72)/t16-,17-,18-,19-,20-,26-,27-,28-,29-,30-,31-,32-,33-,34-,35-,36-,37+,38-,39-,40-/m1/s1. The molecule has 0 radical (unpaired) electrons. The Bertz CT molecular complexity index is 4410. The first-order valence-electron chi connectivity index (χ1n) is 27.8. The summed E-state index contributed by atoms with van der Waals surface area (Å²) >= 11 is 0. The Labute approximate surface area is 534 Å². The Morgan fingerprint density at radius 2 is 0.649 bits per heavy atom. The Morgan fingerprint density at radius 1 is 0.392 bits per heavy atom. The van der Waals surface area contributed by atoms with Crippen molar-refractivity contribution in [2.24, 2.45) is 0 Å². The zero-order chi connectivity index (χ0) is 70.5. The first kappa shape index (κ1) is 73.1. The van der Waals surface area contributed by atoms with Crippen molar-refractivity contribution < 1.29 is 133 Å². The maximum Gasteiger partial charge on any atom is 0.472 e. The fraction of sp³-hybridized carbons (Fsp3) is 0.556. The van der Waals surface area contributed by atoms with E-state index in [0.717, 1.165) is 65.9 Å². The molecule has 5 aromatic heterocycles. The van der Waals surface area contributed by atoms with Crippen molar-refractivity contribution in [3.05, 3.63) is 145 Å². The molecule has 0 aromatic carbocycles. The molecule has 5 aliphatic rings. The van der Waals surface area contributed by atoms with Gasteiger partial charge in [-0.25, -0.2) is 42.2 Å². The molecule has 18 N–H and O–H groups in total. The largest absolute Gasteiger partial charge is 0.472 e. The molecular formula is C45H58N12O36P4. The summed E-state index contributed by atoms with van der Waals surface area (Å²) in [5, 5.41) is 77.1. The number of rotatable bonds is 26. The van der Waals surface area contributed by atoms with Crippen molar-refractivity contribution in [2.75, 3.05) is 44.5 Å². The highest BCUT2D eigenvalue weighted by molar-refractivity contribution is 7.48. The predicted octanol–water partition coefficient (Wildman–Crippen LogP) is -9.03. The van der Waals surface area contributed by atoms with Crippen LogP contribution in [0.4, 0.5) is 11.6 Å². The van der Waals surface area contributed by atoms with Crippen LogP contribution in [-0.4, -0.2) is 228 Å². The summed E-state index contributed by atoms with van der Waals surface area (Å²) in [4.78, 5) is 156. The quantitative estimate of drug-likeness (QED) is 0.0229. The predicted molar refractivity (Wildman–Crippen MR) is 305 cm³/mol. The Balaban J connectivity index is 0.851. The summed E-state index contributed by atoms with van der Waals surface area (Å²) < 4.78 is 127. The van der Waals surface area contributed by atoms with E-state index in [1.807, 2.05) is 15.0 Å². The van der Waals surface area contributed by atoms with Crippen LogP contribution in [0, 0.1) is 0 Å². The molecule has 5 saturated heterocycles. The Hall–Kier alpha value is -6.64. The summed E-state index contributed by atoms with van der Waals surface area (Å²) in [5.41, 5.74) is 2.36. The number of phosphoric ester groups is 4. The van der Waals surface area contributed by atoms with Gasteiger partial charge in [0.2, 0.25) is 0 Å². The molecule has 5 aliphatic heterocycles. The fourth-order valence-electron chi connectivity index (χ4n) is 10.5. The molecule has 0 spiro atoms. The minimum absolute atomic E-state index is 0.214. The second kappa shape index (κ2) is 28.9. The smallest absolute Gasteiger partial charge is 0.394 e. The van der Waals surface area contributed by atoms with Crippen LogP contribution in [0.3, 0.4) is 0 Å². The van der Waals surface area contributed by atoms with E-state index in [1.54, 1.807) is 0 Å². The van der Waals surface area contributed by atoms with Crippen molar-refractivity contribution in [1.82, 2.24) is 47.8 Å². The molecule has 52 heteroatoms. The third-order valence-electron chi connectivity index (χ3n) is 15.0. The van der Waals surface area contributed by atoms with E-state index < -0.39 is 232 Å². The summed E-state index contributed by atoms with van der Waals surface area (Å²) in [5.74, 6) is -0.550. The van der Waals surface area contributed by atoms with E-state index in [9.17, 15) is 112 Å². The number of nitrogen functional groups attached to an aromatic ring is 2. The second-order valence-electron chi connectivity index (χ2n) is 21.4. The minimum Gasteiger partial charge on any atom is -0.394 e. The molecule has 0 saturated carbocycles. The summed E-state index contributed by atoms with van der Waals surface area (Å²) in [7, 11) is -23.1. The first-order chi connectivity index (χ1) is 45.5. The highest BCUT2D eigenvalue weighted by Crippen LogP contribution is 2.55. The molecule has 10 rings (SSSR count). The molecule has 5 aromatic rings. The molecule has 0 aliphatic carbocycles. The van der Waals surface area contributed by atoms with Crippen molar-refractivity contribution in [1.29, 1.82) is 0 Å². The molecule has 0 bridgehead atoms. The number of ether oxygens (including phenoxy) is 5. The van der Waals surface area contributed by atoms with Gasteiger partial charge in [-0.15, -0.1) is 0 Å². The molecule has 4 unspecified atom stereocenters. The maximum absolute atomic E-state index is 14.0. The third-order valence-corrected chi connectivity index (χ3v) is 19.0. The van der Waals surface area contributed by atoms with Crippen LogP contribution in [0.2, 0.25) is 0 Å². The molecular weight excluding hydrogens is 1410 g/mol. The molecule has 24 atom stereocenters. The molecule has 534 valence electrons. The number of phosphoric acid groups is 4. The average molecular weight is 1470 g/mol. The van der Waals surface area contributed by atoms with E-state index in [0.29, 0.717) is 18.3 Å². The normalized spacial score (nSPS) is 33.7. The number of anilines is 2. The number of nitrogens with two attached hydrogens (primary N) is 2. The highest BCUT2D eigenvalue weighted by atomic mass is 31.2. The number of H-pyrrole nitrogens is 3. The number of nitrogens with one attached hydrogen (secondary N) is 3. The van der Waals surface area contributed by atoms with Crippen LogP contribution < -0.4 is 56.6 Å². The van der Waals surface area contributed by atoms with Crippen molar-refractivity contribution in [3.63, 3.8) is 0 Å². The van der Waals surface area contributed by atoms with Gasteiger partial charge in [0.25, 0.3) is 16.7 Å². The minimum atomic E-state index is -5.92. The highest BCUT2D eigenvalue weighted by Gasteiger charge is 2.56. The lowest BCUT2D eigenvalue weighted by Gasteiger charge is -2.27. The zero-order valence-corrected chi connectivity index (χ0v) is 52.1. The Morgan fingerprint density at radius 3 is 0.948 bits per heavy atom. The van der Waals surface area contributed by atoms with Gasteiger partial charge in [0.05, 0.1) is 33.0 Å². The van der Waals surface area contributed by atoms with Gasteiger partial charge < -0.3 is 90.5 Å². The third kappa shape index (κ3) is 16.3.